The van der Waals surface area contributed by atoms with E-state index in [1.807, 2.05) is 45.0 Å². The minimum Gasteiger partial charge on any atom is -0.374 e. The summed E-state index contributed by atoms with van der Waals surface area (Å²) in [6.45, 7) is 7.00. The molecule has 1 aliphatic rings. The molecule has 3 rings (SSSR count). The third kappa shape index (κ3) is 2.03. The van der Waals surface area contributed by atoms with Crippen molar-refractivity contribution in [2.75, 3.05) is 6.61 Å². The molecule has 0 saturated carbocycles. The number of hydrogen-bond donors (Lipinski definition) is 1. The topological polar surface area (TPSA) is 74.2 Å². The van der Waals surface area contributed by atoms with Crippen molar-refractivity contribution in [2.45, 2.75) is 38.3 Å². The molecule has 2 aromatic rings. The van der Waals surface area contributed by atoms with Gasteiger partial charge in [0.05, 0.1) is 13.2 Å². The van der Waals surface area contributed by atoms with Gasteiger partial charge in [-0.05, 0) is 11.1 Å². The molecule has 1 unspecified atom stereocenters. The lowest BCUT2D eigenvalue weighted by Gasteiger charge is -2.32. The minimum atomic E-state index is -0.845. The van der Waals surface area contributed by atoms with Gasteiger partial charge in [-0.3, -0.25) is 0 Å². The van der Waals surface area contributed by atoms with Crippen LogP contribution in [0.3, 0.4) is 0 Å². The zero-order valence-corrected chi connectivity index (χ0v) is 12.0. The van der Waals surface area contributed by atoms with E-state index in [9.17, 15) is 0 Å². The first kappa shape index (κ1) is 13.3. The summed E-state index contributed by atoms with van der Waals surface area (Å²) in [5.41, 5.74) is 7.57. The second-order valence-electron chi connectivity index (χ2n) is 6.29. The lowest BCUT2D eigenvalue weighted by atomic mass is 9.85. The number of nitrogens with zero attached hydrogens (tertiary/aromatic N) is 2. The molecule has 1 aromatic heterocycles. The molecule has 1 atom stereocenters. The zero-order valence-electron chi connectivity index (χ0n) is 12.0. The molecule has 0 fully saturated rings. The van der Waals surface area contributed by atoms with Crippen LogP contribution in [0.1, 0.15) is 43.6 Å². The average molecular weight is 273 g/mol. The van der Waals surface area contributed by atoms with E-state index in [0.29, 0.717) is 24.9 Å². The first-order valence-corrected chi connectivity index (χ1v) is 6.71. The highest BCUT2D eigenvalue weighted by atomic mass is 16.5. The molecule has 2 heterocycles. The van der Waals surface area contributed by atoms with Crippen molar-refractivity contribution in [3.05, 3.63) is 47.1 Å². The zero-order chi connectivity index (χ0) is 14.4. The summed E-state index contributed by atoms with van der Waals surface area (Å²) >= 11 is 0. The summed E-state index contributed by atoms with van der Waals surface area (Å²) in [6, 6.07) is 7.97. The van der Waals surface area contributed by atoms with E-state index in [-0.39, 0.29) is 5.41 Å². The quantitative estimate of drug-likeness (QED) is 0.861. The molecule has 1 aromatic carbocycles. The Morgan fingerprint density at radius 3 is 2.70 bits per heavy atom. The van der Waals surface area contributed by atoms with Gasteiger partial charge in [-0.1, -0.05) is 50.2 Å². The summed E-state index contributed by atoms with van der Waals surface area (Å²) in [5.74, 6) is 1.06. The van der Waals surface area contributed by atoms with Crippen LogP contribution in [-0.4, -0.2) is 16.7 Å². The summed E-state index contributed by atoms with van der Waals surface area (Å²) in [4.78, 5) is 4.49. The molecule has 2 N–H and O–H groups in total. The number of hydrogen-bond acceptors (Lipinski definition) is 5. The standard InChI is InChI=1S/C15H19N3O2/c1-14(2,3)13-17-12(18-20-13)15(16)9-19-8-10-6-4-5-7-11(10)15/h4-7H,8-9,16H2,1-3H3. The van der Waals surface area contributed by atoms with Gasteiger partial charge in [-0.2, -0.15) is 4.98 Å². The normalized spacial score (nSPS) is 22.6. The molecule has 5 nitrogen and oxygen atoms in total. The molecule has 0 bridgehead atoms. The smallest absolute Gasteiger partial charge is 0.232 e. The van der Waals surface area contributed by atoms with E-state index in [1.54, 1.807) is 0 Å². The van der Waals surface area contributed by atoms with Gasteiger partial charge in [0.15, 0.2) is 5.82 Å². The van der Waals surface area contributed by atoms with Gasteiger partial charge >= 0.3 is 0 Å². The Bertz CT molecular complexity index is 630. The Morgan fingerprint density at radius 1 is 1.25 bits per heavy atom. The molecule has 106 valence electrons. The van der Waals surface area contributed by atoms with Gasteiger partial charge in [0.25, 0.3) is 0 Å². The Hall–Kier alpha value is -1.72. The SMILES string of the molecule is CC(C)(C)c1nc(C2(N)COCc3ccccc32)no1. The van der Waals surface area contributed by atoms with Crippen molar-refractivity contribution in [3.63, 3.8) is 0 Å². The molecule has 0 aliphatic carbocycles. The average Bonchev–Trinajstić information content (AvgIpc) is 2.89. The van der Waals surface area contributed by atoms with Gasteiger partial charge in [0.2, 0.25) is 5.89 Å². The fraction of sp³-hybridized carbons (Fsp3) is 0.467. The van der Waals surface area contributed by atoms with Gasteiger partial charge in [-0.25, -0.2) is 0 Å². The highest BCUT2D eigenvalue weighted by Crippen LogP contribution is 2.33. The highest BCUT2D eigenvalue weighted by Gasteiger charge is 2.40. The Labute approximate surface area is 118 Å². The summed E-state index contributed by atoms with van der Waals surface area (Å²) < 4.78 is 11.0. The first-order valence-electron chi connectivity index (χ1n) is 6.71. The number of rotatable bonds is 1. The maximum atomic E-state index is 6.54. The molecule has 20 heavy (non-hydrogen) atoms. The fourth-order valence-corrected chi connectivity index (χ4v) is 2.38. The van der Waals surface area contributed by atoms with Crippen LogP contribution >= 0.6 is 0 Å². The van der Waals surface area contributed by atoms with Crippen molar-refractivity contribution in [3.8, 4) is 0 Å². The van der Waals surface area contributed by atoms with Crippen LogP contribution in [-0.2, 0) is 22.3 Å². The molecule has 1 aliphatic heterocycles. The number of ether oxygens (including phenoxy) is 1. The third-order valence-corrected chi connectivity index (χ3v) is 3.55. The van der Waals surface area contributed by atoms with E-state index in [4.69, 9.17) is 15.0 Å². The number of nitrogens with two attached hydrogens (primary N) is 1. The van der Waals surface area contributed by atoms with Crippen molar-refractivity contribution in [1.29, 1.82) is 0 Å². The Kier molecular flexibility index (Phi) is 2.92. The van der Waals surface area contributed by atoms with E-state index < -0.39 is 5.54 Å². The molecular formula is C15H19N3O2. The maximum Gasteiger partial charge on any atom is 0.232 e. The van der Waals surface area contributed by atoms with Gasteiger partial charge in [0, 0.05) is 5.41 Å². The first-order chi connectivity index (χ1) is 9.41. The van der Waals surface area contributed by atoms with Crippen molar-refractivity contribution in [1.82, 2.24) is 10.1 Å². The van der Waals surface area contributed by atoms with Crippen LogP contribution in [0.25, 0.3) is 0 Å². The molecule has 0 spiro atoms. The lowest BCUT2D eigenvalue weighted by molar-refractivity contribution is 0.0635. The number of aromatic nitrogens is 2. The van der Waals surface area contributed by atoms with E-state index in [2.05, 4.69) is 10.1 Å². The van der Waals surface area contributed by atoms with Crippen LogP contribution in [0.5, 0.6) is 0 Å². The number of benzene rings is 1. The molecule has 0 amide bonds. The van der Waals surface area contributed by atoms with E-state index in [0.717, 1.165) is 11.1 Å². The van der Waals surface area contributed by atoms with Crippen molar-refractivity contribution in [2.24, 2.45) is 5.73 Å². The molecule has 0 radical (unpaired) electrons. The summed E-state index contributed by atoms with van der Waals surface area (Å²) in [5, 5.41) is 4.09. The van der Waals surface area contributed by atoms with Crippen LogP contribution in [0.2, 0.25) is 0 Å². The predicted octanol–water partition coefficient (Wildman–Crippen LogP) is 2.10. The molecular weight excluding hydrogens is 254 g/mol. The van der Waals surface area contributed by atoms with Gasteiger partial charge in [0.1, 0.15) is 5.54 Å². The van der Waals surface area contributed by atoms with Crippen LogP contribution in [0, 0.1) is 0 Å². The minimum absolute atomic E-state index is 0.198. The lowest BCUT2D eigenvalue weighted by Crippen LogP contribution is -2.46. The molecule has 5 heteroatoms. The van der Waals surface area contributed by atoms with Gasteiger partial charge in [-0.15, -0.1) is 0 Å². The third-order valence-electron chi connectivity index (χ3n) is 3.55. The second-order valence-corrected chi connectivity index (χ2v) is 6.29. The van der Waals surface area contributed by atoms with Crippen LogP contribution in [0.15, 0.2) is 28.8 Å². The van der Waals surface area contributed by atoms with E-state index in [1.165, 1.54) is 0 Å². The van der Waals surface area contributed by atoms with E-state index >= 15 is 0 Å². The van der Waals surface area contributed by atoms with Crippen molar-refractivity contribution < 1.29 is 9.26 Å². The van der Waals surface area contributed by atoms with Gasteiger partial charge < -0.3 is 15.0 Å². The van der Waals surface area contributed by atoms with Crippen LogP contribution < -0.4 is 5.73 Å². The Balaban J connectivity index is 2.08. The largest absolute Gasteiger partial charge is 0.374 e. The monoisotopic (exact) mass is 273 g/mol. The summed E-state index contributed by atoms with van der Waals surface area (Å²) in [6.07, 6.45) is 0. The second kappa shape index (κ2) is 4.40. The predicted molar refractivity (Wildman–Crippen MR) is 74.1 cm³/mol. The molecule has 0 saturated heterocycles. The Morgan fingerprint density at radius 2 is 2.00 bits per heavy atom. The summed E-state index contributed by atoms with van der Waals surface area (Å²) in [7, 11) is 0. The fourth-order valence-electron chi connectivity index (χ4n) is 2.38. The maximum absolute atomic E-state index is 6.54. The number of fused-ring (bicyclic) bond motifs is 1. The highest BCUT2D eigenvalue weighted by molar-refractivity contribution is 5.39. The van der Waals surface area contributed by atoms with Crippen LogP contribution in [0.4, 0.5) is 0 Å². The van der Waals surface area contributed by atoms with Crippen molar-refractivity contribution >= 4 is 0 Å².